The second kappa shape index (κ2) is 7.06. The number of benzene rings is 1. The van der Waals surface area contributed by atoms with Crippen LogP contribution >= 0.6 is 0 Å². The Morgan fingerprint density at radius 2 is 1.86 bits per heavy atom. The first kappa shape index (κ1) is 15.3. The van der Waals surface area contributed by atoms with E-state index in [2.05, 4.69) is 5.32 Å². The normalized spacial score (nSPS) is 15.8. The van der Waals surface area contributed by atoms with Gasteiger partial charge in [0.25, 0.3) is 0 Å². The van der Waals surface area contributed by atoms with Gasteiger partial charge in [-0.1, -0.05) is 12.1 Å². The number of primary amides is 1. The van der Waals surface area contributed by atoms with E-state index in [1.165, 1.54) is 12.1 Å². The first-order valence-electron chi connectivity index (χ1n) is 7.13. The third-order valence-corrected chi connectivity index (χ3v) is 3.73. The molecule has 0 aromatic heterocycles. The predicted molar refractivity (Wildman–Crippen MR) is 77.0 cm³/mol. The molecule has 1 aromatic rings. The highest BCUT2D eigenvalue weighted by Gasteiger charge is 2.22. The van der Waals surface area contributed by atoms with Crippen LogP contribution in [0.3, 0.4) is 0 Å². The van der Waals surface area contributed by atoms with Crippen LogP contribution in [0.2, 0.25) is 0 Å². The number of hydrogen-bond donors (Lipinski definition) is 2. The third-order valence-electron chi connectivity index (χ3n) is 3.73. The first-order chi connectivity index (χ1) is 10.0. The number of hydrogen-bond acceptors (Lipinski definition) is 2. The zero-order valence-electron chi connectivity index (χ0n) is 11.8. The second-order valence-corrected chi connectivity index (χ2v) is 5.29. The summed E-state index contributed by atoms with van der Waals surface area (Å²) >= 11 is 0. The molecule has 1 aliphatic heterocycles. The topological polar surface area (TPSA) is 75.4 Å². The van der Waals surface area contributed by atoms with Crippen molar-refractivity contribution in [2.24, 2.45) is 5.73 Å². The zero-order valence-corrected chi connectivity index (χ0v) is 11.8. The van der Waals surface area contributed by atoms with Crippen molar-refractivity contribution in [1.82, 2.24) is 10.2 Å². The summed E-state index contributed by atoms with van der Waals surface area (Å²) in [4.78, 5) is 24.7. The predicted octanol–water partition coefficient (Wildman–Crippen LogP) is 1.42. The Morgan fingerprint density at radius 1 is 1.24 bits per heavy atom. The van der Waals surface area contributed by atoms with Gasteiger partial charge >= 0.3 is 6.03 Å². The summed E-state index contributed by atoms with van der Waals surface area (Å²) in [6.07, 6.45) is 2.48. The molecular weight excluding hydrogens is 273 g/mol. The molecule has 2 rings (SSSR count). The van der Waals surface area contributed by atoms with Gasteiger partial charge in [0.05, 0.1) is 0 Å². The van der Waals surface area contributed by atoms with Crippen molar-refractivity contribution in [1.29, 1.82) is 0 Å². The number of halogens is 1. The van der Waals surface area contributed by atoms with Crippen molar-refractivity contribution in [3.63, 3.8) is 0 Å². The van der Waals surface area contributed by atoms with Gasteiger partial charge in [-0.15, -0.1) is 0 Å². The Balaban J connectivity index is 1.74. The van der Waals surface area contributed by atoms with Crippen molar-refractivity contribution in [2.45, 2.75) is 31.7 Å². The van der Waals surface area contributed by atoms with Gasteiger partial charge in [-0.3, -0.25) is 4.79 Å². The number of nitrogens with one attached hydrogen (secondary N) is 1. The number of carbonyl (C=O) groups is 2. The number of urea groups is 1. The molecule has 5 nitrogen and oxygen atoms in total. The molecule has 114 valence electrons. The standard InChI is InChI=1S/C15H20FN3O2/c16-12-4-1-11(2-5-12)3-6-14(20)19-9-7-13(8-10-19)18-15(17)21/h1-2,4-5,13H,3,6-10H2,(H3,17,18,21). The molecule has 0 spiro atoms. The SMILES string of the molecule is NC(=O)NC1CCN(C(=O)CCc2ccc(F)cc2)CC1. The minimum atomic E-state index is -0.518. The van der Waals surface area contributed by atoms with E-state index in [1.54, 1.807) is 12.1 Å². The lowest BCUT2D eigenvalue weighted by atomic mass is 10.0. The van der Waals surface area contributed by atoms with Gasteiger partial charge in [-0.2, -0.15) is 0 Å². The number of likely N-dealkylation sites (tertiary alicyclic amines) is 1. The molecule has 6 heteroatoms. The molecule has 1 saturated heterocycles. The Morgan fingerprint density at radius 3 is 2.43 bits per heavy atom. The molecule has 3 N–H and O–H groups in total. The molecule has 0 radical (unpaired) electrons. The van der Waals surface area contributed by atoms with Gasteiger partial charge < -0.3 is 16.0 Å². The maximum absolute atomic E-state index is 12.8. The summed E-state index contributed by atoms with van der Waals surface area (Å²) < 4.78 is 12.8. The quantitative estimate of drug-likeness (QED) is 0.881. The van der Waals surface area contributed by atoms with E-state index in [9.17, 15) is 14.0 Å². The van der Waals surface area contributed by atoms with E-state index < -0.39 is 6.03 Å². The molecule has 0 saturated carbocycles. The minimum absolute atomic E-state index is 0.0589. The molecule has 0 unspecified atom stereocenters. The van der Waals surface area contributed by atoms with Crippen LogP contribution in [0, 0.1) is 5.82 Å². The van der Waals surface area contributed by atoms with Crippen LogP contribution in [0.15, 0.2) is 24.3 Å². The highest BCUT2D eigenvalue weighted by atomic mass is 19.1. The summed E-state index contributed by atoms with van der Waals surface area (Å²) in [6.45, 7) is 1.26. The fourth-order valence-electron chi connectivity index (χ4n) is 2.53. The molecule has 0 aliphatic carbocycles. The van der Waals surface area contributed by atoms with E-state index >= 15 is 0 Å². The molecular formula is C15H20FN3O2. The van der Waals surface area contributed by atoms with Crippen LogP contribution in [0.5, 0.6) is 0 Å². The van der Waals surface area contributed by atoms with Gasteiger partial charge in [0.1, 0.15) is 5.82 Å². The lowest BCUT2D eigenvalue weighted by Crippen LogP contribution is -2.47. The van der Waals surface area contributed by atoms with Crippen molar-refractivity contribution < 1.29 is 14.0 Å². The zero-order chi connectivity index (χ0) is 15.2. The lowest BCUT2D eigenvalue weighted by Gasteiger charge is -2.32. The third kappa shape index (κ3) is 4.73. The van der Waals surface area contributed by atoms with Gasteiger partial charge in [-0.05, 0) is 37.0 Å². The highest BCUT2D eigenvalue weighted by molar-refractivity contribution is 5.76. The Bertz CT molecular complexity index is 496. The molecule has 21 heavy (non-hydrogen) atoms. The molecule has 0 bridgehead atoms. The fourth-order valence-corrected chi connectivity index (χ4v) is 2.53. The Kier molecular flexibility index (Phi) is 5.14. The average molecular weight is 293 g/mol. The molecule has 3 amide bonds. The molecule has 1 fully saturated rings. The number of aryl methyl sites for hydroxylation is 1. The first-order valence-corrected chi connectivity index (χ1v) is 7.13. The number of rotatable bonds is 4. The maximum Gasteiger partial charge on any atom is 0.312 e. The van der Waals surface area contributed by atoms with Gasteiger partial charge in [0.15, 0.2) is 0 Å². The van der Waals surface area contributed by atoms with Gasteiger partial charge in [-0.25, -0.2) is 9.18 Å². The molecule has 0 atom stereocenters. The van der Waals surface area contributed by atoms with Crippen LogP contribution in [0.1, 0.15) is 24.8 Å². The Hall–Kier alpha value is -2.11. The van der Waals surface area contributed by atoms with E-state index in [0.717, 1.165) is 18.4 Å². The summed E-state index contributed by atoms with van der Waals surface area (Å²) in [5, 5.41) is 2.67. The van der Waals surface area contributed by atoms with E-state index in [0.29, 0.717) is 25.9 Å². The average Bonchev–Trinajstić information content (AvgIpc) is 2.46. The van der Waals surface area contributed by atoms with E-state index in [-0.39, 0.29) is 17.8 Å². The van der Waals surface area contributed by atoms with Crippen LogP contribution in [0.25, 0.3) is 0 Å². The van der Waals surface area contributed by atoms with Crippen LogP contribution in [-0.2, 0) is 11.2 Å². The van der Waals surface area contributed by atoms with E-state index in [1.807, 2.05) is 4.90 Å². The maximum atomic E-state index is 12.8. The summed E-state index contributed by atoms with van der Waals surface area (Å²) in [5.74, 6) is -0.175. The number of amides is 3. The number of nitrogens with zero attached hydrogens (tertiary/aromatic N) is 1. The van der Waals surface area contributed by atoms with Gasteiger partial charge in [0, 0.05) is 25.6 Å². The summed E-state index contributed by atoms with van der Waals surface area (Å²) in [5.41, 5.74) is 6.04. The van der Waals surface area contributed by atoms with Crippen LogP contribution in [-0.4, -0.2) is 36.0 Å². The Labute approximate surface area is 123 Å². The molecule has 1 aliphatic rings. The monoisotopic (exact) mass is 293 g/mol. The van der Waals surface area contributed by atoms with Crippen molar-refractivity contribution in [2.75, 3.05) is 13.1 Å². The lowest BCUT2D eigenvalue weighted by molar-refractivity contribution is -0.132. The molecule has 1 aromatic carbocycles. The molecule has 1 heterocycles. The van der Waals surface area contributed by atoms with Crippen molar-refractivity contribution in [3.8, 4) is 0 Å². The van der Waals surface area contributed by atoms with Crippen LogP contribution < -0.4 is 11.1 Å². The smallest absolute Gasteiger partial charge is 0.312 e. The number of nitrogens with two attached hydrogens (primary N) is 1. The summed E-state index contributed by atoms with van der Waals surface area (Å²) in [7, 11) is 0. The van der Waals surface area contributed by atoms with Crippen molar-refractivity contribution in [3.05, 3.63) is 35.6 Å². The fraction of sp³-hybridized carbons (Fsp3) is 0.467. The van der Waals surface area contributed by atoms with Crippen LogP contribution in [0.4, 0.5) is 9.18 Å². The van der Waals surface area contributed by atoms with Gasteiger partial charge in [0.2, 0.25) is 5.91 Å². The minimum Gasteiger partial charge on any atom is -0.352 e. The highest BCUT2D eigenvalue weighted by Crippen LogP contribution is 2.13. The summed E-state index contributed by atoms with van der Waals surface area (Å²) in [6, 6.07) is 5.75. The van der Waals surface area contributed by atoms with Crippen molar-refractivity contribution >= 4 is 11.9 Å². The number of piperidine rings is 1. The second-order valence-electron chi connectivity index (χ2n) is 5.29. The number of carbonyl (C=O) groups excluding carboxylic acids is 2. The largest absolute Gasteiger partial charge is 0.352 e. The van der Waals surface area contributed by atoms with E-state index in [4.69, 9.17) is 5.73 Å².